The number of hydrogen-bond donors (Lipinski definition) is 1. The molecule has 0 fully saturated rings. The summed E-state index contributed by atoms with van der Waals surface area (Å²) in [6.45, 7) is 0.472. The van der Waals surface area contributed by atoms with Crippen LogP contribution in [0, 0.1) is 5.82 Å². The molecule has 0 saturated heterocycles. The number of anilines is 1. The van der Waals surface area contributed by atoms with Gasteiger partial charge in [-0.25, -0.2) is 9.07 Å². The van der Waals surface area contributed by atoms with E-state index in [0.717, 1.165) is 11.1 Å². The van der Waals surface area contributed by atoms with E-state index in [1.165, 1.54) is 12.1 Å². The molecule has 4 aromatic rings. The standard InChI is InChI=1S/C19H14FN5O/c20-15-4-1-13(2-5-15)12-25-18-6-3-14(11-17(18)23-24-25)19(26)22-16-7-9-21-10-8-16/h1-11H,12H2,(H,21,22,26). The number of aromatic nitrogens is 4. The molecule has 0 radical (unpaired) electrons. The Kier molecular flexibility index (Phi) is 4.10. The van der Waals surface area contributed by atoms with Crippen LogP contribution in [0.15, 0.2) is 67.0 Å². The second kappa shape index (κ2) is 6.72. The number of amides is 1. The summed E-state index contributed by atoms with van der Waals surface area (Å²) in [5.41, 5.74) is 3.50. The Hall–Kier alpha value is -3.61. The van der Waals surface area contributed by atoms with Gasteiger partial charge in [0.05, 0.1) is 12.1 Å². The molecule has 0 unspecified atom stereocenters. The van der Waals surface area contributed by atoms with E-state index in [0.29, 0.717) is 23.3 Å². The Morgan fingerprint density at radius 3 is 2.58 bits per heavy atom. The summed E-state index contributed by atoms with van der Waals surface area (Å²) in [6, 6.07) is 14.9. The fourth-order valence-corrected chi connectivity index (χ4v) is 2.63. The van der Waals surface area contributed by atoms with Gasteiger partial charge in [-0.05, 0) is 48.0 Å². The lowest BCUT2D eigenvalue weighted by Gasteiger charge is -2.05. The third kappa shape index (κ3) is 3.27. The van der Waals surface area contributed by atoms with Crippen molar-refractivity contribution in [1.82, 2.24) is 20.0 Å². The van der Waals surface area contributed by atoms with E-state index in [9.17, 15) is 9.18 Å². The summed E-state index contributed by atoms with van der Waals surface area (Å²) >= 11 is 0. The first-order valence-corrected chi connectivity index (χ1v) is 7.98. The van der Waals surface area contributed by atoms with Gasteiger partial charge in [0.15, 0.2) is 0 Å². The zero-order chi connectivity index (χ0) is 17.9. The zero-order valence-electron chi connectivity index (χ0n) is 13.6. The number of benzene rings is 2. The molecule has 1 N–H and O–H groups in total. The Balaban J connectivity index is 1.57. The van der Waals surface area contributed by atoms with Crippen molar-refractivity contribution in [2.75, 3.05) is 5.32 Å². The molecule has 0 aliphatic carbocycles. The Labute approximate surface area is 148 Å². The van der Waals surface area contributed by atoms with Crippen molar-refractivity contribution in [2.24, 2.45) is 0 Å². The van der Waals surface area contributed by atoms with Gasteiger partial charge in [-0.15, -0.1) is 5.10 Å². The Morgan fingerprint density at radius 2 is 1.81 bits per heavy atom. The molecule has 0 spiro atoms. The largest absolute Gasteiger partial charge is 0.322 e. The summed E-state index contributed by atoms with van der Waals surface area (Å²) in [7, 11) is 0. The van der Waals surface area contributed by atoms with Gasteiger partial charge in [-0.1, -0.05) is 17.3 Å². The van der Waals surface area contributed by atoms with Crippen molar-refractivity contribution in [3.8, 4) is 0 Å². The van der Waals surface area contributed by atoms with Crippen molar-refractivity contribution in [1.29, 1.82) is 0 Å². The van der Waals surface area contributed by atoms with Gasteiger partial charge in [0.25, 0.3) is 5.91 Å². The molecular weight excluding hydrogens is 333 g/mol. The Morgan fingerprint density at radius 1 is 1.04 bits per heavy atom. The molecule has 0 bridgehead atoms. The van der Waals surface area contributed by atoms with E-state index in [2.05, 4.69) is 20.6 Å². The van der Waals surface area contributed by atoms with E-state index in [4.69, 9.17) is 0 Å². The fourth-order valence-electron chi connectivity index (χ4n) is 2.63. The molecular formula is C19H14FN5O. The number of fused-ring (bicyclic) bond motifs is 1. The molecule has 0 atom stereocenters. The highest BCUT2D eigenvalue weighted by molar-refractivity contribution is 6.05. The maximum absolute atomic E-state index is 13.0. The quantitative estimate of drug-likeness (QED) is 0.615. The van der Waals surface area contributed by atoms with Gasteiger partial charge in [0.2, 0.25) is 0 Å². The number of rotatable bonds is 4. The summed E-state index contributed by atoms with van der Waals surface area (Å²) in [6.07, 6.45) is 3.22. The highest BCUT2D eigenvalue weighted by atomic mass is 19.1. The van der Waals surface area contributed by atoms with Gasteiger partial charge in [-0.2, -0.15) is 0 Å². The molecule has 0 saturated carbocycles. The van der Waals surface area contributed by atoms with Crippen LogP contribution in [0.5, 0.6) is 0 Å². The number of hydrogen-bond acceptors (Lipinski definition) is 4. The third-order valence-electron chi connectivity index (χ3n) is 3.96. The highest BCUT2D eigenvalue weighted by Gasteiger charge is 2.11. The van der Waals surface area contributed by atoms with Crippen molar-refractivity contribution in [3.63, 3.8) is 0 Å². The smallest absolute Gasteiger partial charge is 0.255 e. The predicted octanol–water partition coefficient (Wildman–Crippen LogP) is 3.27. The summed E-state index contributed by atoms with van der Waals surface area (Å²) in [4.78, 5) is 16.3. The second-order valence-corrected chi connectivity index (χ2v) is 5.77. The first-order valence-electron chi connectivity index (χ1n) is 7.98. The average Bonchev–Trinajstić information content (AvgIpc) is 3.06. The fraction of sp³-hybridized carbons (Fsp3) is 0.0526. The lowest BCUT2D eigenvalue weighted by atomic mass is 10.1. The van der Waals surface area contributed by atoms with E-state index in [1.807, 2.05) is 0 Å². The molecule has 0 aliphatic rings. The molecule has 4 rings (SSSR count). The van der Waals surface area contributed by atoms with Crippen molar-refractivity contribution in [2.45, 2.75) is 6.54 Å². The zero-order valence-corrected chi connectivity index (χ0v) is 13.6. The van der Waals surface area contributed by atoms with E-state index in [1.54, 1.807) is 59.5 Å². The third-order valence-corrected chi connectivity index (χ3v) is 3.96. The van der Waals surface area contributed by atoms with Gasteiger partial charge >= 0.3 is 0 Å². The minimum Gasteiger partial charge on any atom is -0.322 e. The van der Waals surface area contributed by atoms with Crippen LogP contribution in [0.2, 0.25) is 0 Å². The molecule has 7 heteroatoms. The number of nitrogens with zero attached hydrogens (tertiary/aromatic N) is 4. The van der Waals surface area contributed by atoms with Crippen LogP contribution in [0.3, 0.4) is 0 Å². The van der Waals surface area contributed by atoms with Crippen LogP contribution in [-0.2, 0) is 6.54 Å². The number of pyridine rings is 1. The van der Waals surface area contributed by atoms with Gasteiger partial charge in [-0.3, -0.25) is 9.78 Å². The number of carbonyl (C=O) groups is 1. The number of nitrogens with one attached hydrogen (secondary N) is 1. The minimum atomic E-state index is -0.276. The molecule has 128 valence electrons. The Bertz CT molecular complexity index is 1060. The molecule has 6 nitrogen and oxygen atoms in total. The van der Waals surface area contributed by atoms with Crippen molar-refractivity contribution < 1.29 is 9.18 Å². The molecule has 26 heavy (non-hydrogen) atoms. The maximum atomic E-state index is 13.0. The summed E-state index contributed by atoms with van der Waals surface area (Å²) in [5, 5.41) is 11.1. The number of carbonyl (C=O) groups excluding carboxylic acids is 1. The lowest BCUT2D eigenvalue weighted by molar-refractivity contribution is 0.102. The minimum absolute atomic E-state index is 0.230. The van der Waals surface area contributed by atoms with Crippen molar-refractivity contribution in [3.05, 3.63) is 83.9 Å². The molecule has 0 aliphatic heterocycles. The van der Waals surface area contributed by atoms with Crippen LogP contribution in [-0.4, -0.2) is 25.9 Å². The van der Waals surface area contributed by atoms with Crippen LogP contribution in [0.4, 0.5) is 10.1 Å². The van der Waals surface area contributed by atoms with E-state index < -0.39 is 0 Å². The summed E-state index contributed by atoms with van der Waals surface area (Å²) < 4.78 is 14.7. The maximum Gasteiger partial charge on any atom is 0.255 e. The van der Waals surface area contributed by atoms with Crippen LogP contribution in [0.1, 0.15) is 15.9 Å². The van der Waals surface area contributed by atoms with E-state index in [-0.39, 0.29) is 11.7 Å². The number of halogens is 1. The highest BCUT2D eigenvalue weighted by Crippen LogP contribution is 2.16. The molecule has 1 amide bonds. The van der Waals surface area contributed by atoms with Crippen LogP contribution < -0.4 is 5.32 Å². The average molecular weight is 347 g/mol. The molecule has 2 aromatic carbocycles. The van der Waals surface area contributed by atoms with Gasteiger partial charge in [0, 0.05) is 23.6 Å². The normalized spacial score (nSPS) is 10.8. The topological polar surface area (TPSA) is 72.7 Å². The SMILES string of the molecule is O=C(Nc1ccncc1)c1ccc2c(c1)nnn2Cc1ccc(F)cc1. The predicted molar refractivity (Wildman–Crippen MR) is 95.2 cm³/mol. The molecule has 2 aromatic heterocycles. The van der Waals surface area contributed by atoms with E-state index >= 15 is 0 Å². The first-order chi connectivity index (χ1) is 12.7. The molecule has 2 heterocycles. The van der Waals surface area contributed by atoms with Crippen LogP contribution >= 0.6 is 0 Å². The lowest BCUT2D eigenvalue weighted by Crippen LogP contribution is -2.11. The first kappa shape index (κ1) is 15.9. The van der Waals surface area contributed by atoms with Crippen molar-refractivity contribution >= 4 is 22.6 Å². The van der Waals surface area contributed by atoms with Crippen LogP contribution in [0.25, 0.3) is 11.0 Å². The van der Waals surface area contributed by atoms with Gasteiger partial charge in [0.1, 0.15) is 11.3 Å². The van der Waals surface area contributed by atoms with Gasteiger partial charge < -0.3 is 5.32 Å². The summed E-state index contributed by atoms with van der Waals surface area (Å²) in [5.74, 6) is -0.506. The monoisotopic (exact) mass is 347 g/mol. The second-order valence-electron chi connectivity index (χ2n) is 5.77.